The highest BCUT2D eigenvalue weighted by atomic mass is 16.5. The highest BCUT2D eigenvalue weighted by Gasteiger charge is 2.38. The van der Waals surface area contributed by atoms with E-state index in [-0.39, 0.29) is 18.4 Å². The number of methoxy groups -OCH3 is 1. The molecule has 1 fully saturated rings. The molecule has 1 aromatic rings. The predicted molar refractivity (Wildman–Crippen MR) is 79.8 cm³/mol. The van der Waals surface area contributed by atoms with Crippen LogP contribution in [0.15, 0.2) is 30.3 Å². The summed E-state index contributed by atoms with van der Waals surface area (Å²) in [7, 11) is 1.59. The summed E-state index contributed by atoms with van der Waals surface area (Å²) >= 11 is 0. The van der Waals surface area contributed by atoms with Crippen LogP contribution in [0.25, 0.3) is 0 Å². The van der Waals surface area contributed by atoms with E-state index in [1.165, 1.54) is 0 Å². The number of hydrogen-bond acceptors (Lipinski definition) is 3. The molecule has 2 amide bonds. The van der Waals surface area contributed by atoms with E-state index in [1.54, 1.807) is 16.9 Å². The second-order valence-electron chi connectivity index (χ2n) is 5.14. The number of likely N-dealkylation sites (N-methyl/N-ethyl adjacent to an activating group) is 1. The number of rotatable bonds is 6. The van der Waals surface area contributed by atoms with Gasteiger partial charge in [-0.25, -0.2) is 0 Å². The lowest BCUT2D eigenvalue weighted by molar-refractivity contribution is -0.156. The van der Waals surface area contributed by atoms with Crippen LogP contribution < -0.4 is 0 Å². The zero-order valence-corrected chi connectivity index (χ0v) is 12.6. The molecule has 0 radical (unpaired) electrons. The first kappa shape index (κ1) is 15.5. The van der Waals surface area contributed by atoms with Gasteiger partial charge in [-0.3, -0.25) is 9.59 Å². The summed E-state index contributed by atoms with van der Waals surface area (Å²) in [5, 5.41) is 0. The number of amides is 2. The van der Waals surface area contributed by atoms with Gasteiger partial charge in [-0.1, -0.05) is 30.3 Å². The summed E-state index contributed by atoms with van der Waals surface area (Å²) in [5.74, 6) is 0.0199. The third-order valence-electron chi connectivity index (χ3n) is 3.80. The molecule has 0 aliphatic carbocycles. The molecule has 5 nitrogen and oxygen atoms in total. The van der Waals surface area contributed by atoms with Gasteiger partial charge < -0.3 is 14.5 Å². The number of nitrogens with zero attached hydrogens (tertiary/aromatic N) is 2. The fourth-order valence-electron chi connectivity index (χ4n) is 2.67. The largest absolute Gasteiger partial charge is 0.383 e. The lowest BCUT2D eigenvalue weighted by Crippen LogP contribution is -2.60. The Morgan fingerprint density at radius 3 is 2.57 bits per heavy atom. The minimum atomic E-state index is -0.407. The molecule has 5 heteroatoms. The molecular weight excluding hydrogens is 268 g/mol. The summed E-state index contributed by atoms with van der Waals surface area (Å²) in [6.45, 7) is 3.53. The SMILES string of the molecule is CCN1C(=O)CN(CCOC)C(=O)[C@H]1Cc1ccccc1. The van der Waals surface area contributed by atoms with Crippen molar-refractivity contribution in [3.05, 3.63) is 35.9 Å². The number of carbonyl (C=O) groups is 2. The Hall–Kier alpha value is -1.88. The third-order valence-corrected chi connectivity index (χ3v) is 3.80. The van der Waals surface area contributed by atoms with Gasteiger partial charge in [0.25, 0.3) is 0 Å². The van der Waals surface area contributed by atoms with Crippen LogP contribution in [0.3, 0.4) is 0 Å². The van der Waals surface area contributed by atoms with Gasteiger partial charge in [-0.2, -0.15) is 0 Å². The smallest absolute Gasteiger partial charge is 0.246 e. The van der Waals surface area contributed by atoms with Crippen LogP contribution in [0.1, 0.15) is 12.5 Å². The molecule has 0 spiro atoms. The molecule has 1 aromatic carbocycles. The van der Waals surface area contributed by atoms with E-state index in [2.05, 4.69) is 0 Å². The molecule has 1 atom stereocenters. The Kier molecular flexibility index (Phi) is 5.33. The average Bonchev–Trinajstić information content (AvgIpc) is 2.50. The summed E-state index contributed by atoms with van der Waals surface area (Å²) in [6.07, 6.45) is 0.558. The van der Waals surface area contributed by atoms with Crippen LogP contribution >= 0.6 is 0 Å². The minimum Gasteiger partial charge on any atom is -0.383 e. The van der Waals surface area contributed by atoms with E-state index < -0.39 is 6.04 Å². The van der Waals surface area contributed by atoms with Gasteiger partial charge in [0.05, 0.1) is 13.2 Å². The maximum Gasteiger partial charge on any atom is 0.246 e. The van der Waals surface area contributed by atoms with Crippen molar-refractivity contribution < 1.29 is 14.3 Å². The third kappa shape index (κ3) is 3.61. The van der Waals surface area contributed by atoms with Crippen LogP contribution in [0.4, 0.5) is 0 Å². The zero-order valence-electron chi connectivity index (χ0n) is 12.6. The van der Waals surface area contributed by atoms with E-state index in [0.717, 1.165) is 5.56 Å². The number of ether oxygens (including phenoxy) is 1. The van der Waals surface area contributed by atoms with Gasteiger partial charge in [0.1, 0.15) is 6.04 Å². The second-order valence-corrected chi connectivity index (χ2v) is 5.14. The molecule has 1 heterocycles. The molecule has 1 saturated heterocycles. The Morgan fingerprint density at radius 2 is 1.95 bits per heavy atom. The molecule has 0 bridgehead atoms. The number of hydrogen-bond donors (Lipinski definition) is 0. The van der Waals surface area contributed by atoms with Gasteiger partial charge in [-0.05, 0) is 12.5 Å². The van der Waals surface area contributed by atoms with Crippen molar-refractivity contribution in [2.24, 2.45) is 0 Å². The zero-order chi connectivity index (χ0) is 15.2. The Bertz CT molecular complexity index is 490. The van der Waals surface area contributed by atoms with Gasteiger partial charge in [-0.15, -0.1) is 0 Å². The lowest BCUT2D eigenvalue weighted by Gasteiger charge is -2.39. The summed E-state index contributed by atoms with van der Waals surface area (Å²) in [4.78, 5) is 28.1. The molecule has 0 saturated carbocycles. The van der Waals surface area contributed by atoms with Gasteiger partial charge in [0.2, 0.25) is 11.8 Å². The Balaban J connectivity index is 2.16. The van der Waals surface area contributed by atoms with E-state index in [9.17, 15) is 9.59 Å². The van der Waals surface area contributed by atoms with Gasteiger partial charge in [0.15, 0.2) is 0 Å². The Morgan fingerprint density at radius 1 is 1.24 bits per heavy atom. The first-order valence-electron chi connectivity index (χ1n) is 7.28. The van der Waals surface area contributed by atoms with E-state index in [4.69, 9.17) is 4.74 Å². The lowest BCUT2D eigenvalue weighted by atomic mass is 10.0. The van der Waals surface area contributed by atoms with Crippen LogP contribution in [0, 0.1) is 0 Å². The van der Waals surface area contributed by atoms with Crippen molar-refractivity contribution >= 4 is 11.8 Å². The van der Waals surface area contributed by atoms with E-state index in [1.807, 2.05) is 37.3 Å². The quantitative estimate of drug-likeness (QED) is 0.783. The first-order chi connectivity index (χ1) is 10.2. The van der Waals surface area contributed by atoms with E-state index in [0.29, 0.717) is 26.1 Å². The molecule has 0 unspecified atom stereocenters. The van der Waals surface area contributed by atoms with Crippen molar-refractivity contribution in [1.29, 1.82) is 0 Å². The van der Waals surface area contributed by atoms with E-state index >= 15 is 0 Å². The summed E-state index contributed by atoms with van der Waals surface area (Å²) < 4.78 is 5.02. The molecule has 2 rings (SSSR count). The molecule has 0 aromatic heterocycles. The molecule has 1 aliphatic rings. The fourth-order valence-corrected chi connectivity index (χ4v) is 2.67. The normalized spacial score (nSPS) is 19.2. The van der Waals surface area contributed by atoms with Gasteiger partial charge >= 0.3 is 0 Å². The minimum absolute atomic E-state index is 0.00846. The van der Waals surface area contributed by atoms with Crippen molar-refractivity contribution in [1.82, 2.24) is 9.80 Å². The number of carbonyl (C=O) groups excluding carboxylic acids is 2. The van der Waals surface area contributed by atoms with Crippen molar-refractivity contribution in [2.45, 2.75) is 19.4 Å². The fraction of sp³-hybridized carbons (Fsp3) is 0.500. The monoisotopic (exact) mass is 290 g/mol. The second kappa shape index (κ2) is 7.22. The Labute approximate surface area is 125 Å². The predicted octanol–water partition coefficient (Wildman–Crippen LogP) is 0.935. The van der Waals surface area contributed by atoms with Crippen molar-refractivity contribution in [3.63, 3.8) is 0 Å². The highest BCUT2D eigenvalue weighted by molar-refractivity contribution is 5.95. The standard InChI is InChI=1S/C16H22N2O3/c1-3-18-14(11-13-7-5-4-6-8-13)16(20)17(9-10-21-2)12-15(18)19/h4-8,14H,3,9-12H2,1-2H3/t14-/m1/s1. The molecule has 114 valence electrons. The molecule has 1 aliphatic heterocycles. The van der Waals surface area contributed by atoms with Crippen LogP contribution in [0.2, 0.25) is 0 Å². The topological polar surface area (TPSA) is 49.9 Å². The van der Waals surface area contributed by atoms with Crippen LogP contribution in [-0.2, 0) is 20.7 Å². The molecular formula is C16H22N2O3. The van der Waals surface area contributed by atoms with Crippen LogP contribution in [0.5, 0.6) is 0 Å². The van der Waals surface area contributed by atoms with Crippen molar-refractivity contribution in [2.75, 3.05) is 33.4 Å². The van der Waals surface area contributed by atoms with Crippen molar-refractivity contribution in [3.8, 4) is 0 Å². The van der Waals surface area contributed by atoms with Gasteiger partial charge in [0, 0.05) is 26.6 Å². The molecule has 21 heavy (non-hydrogen) atoms. The highest BCUT2D eigenvalue weighted by Crippen LogP contribution is 2.17. The average molecular weight is 290 g/mol. The maximum absolute atomic E-state index is 12.6. The summed E-state index contributed by atoms with van der Waals surface area (Å²) in [6, 6.07) is 9.40. The summed E-state index contributed by atoms with van der Waals surface area (Å²) in [5.41, 5.74) is 1.07. The maximum atomic E-state index is 12.6. The number of piperazine rings is 1. The number of benzene rings is 1. The first-order valence-corrected chi connectivity index (χ1v) is 7.28. The van der Waals surface area contributed by atoms with Crippen LogP contribution in [-0.4, -0.2) is 61.0 Å². The molecule has 0 N–H and O–H groups in total.